The van der Waals surface area contributed by atoms with Crippen LogP contribution in [-0.4, -0.2) is 64.2 Å². The minimum absolute atomic E-state index is 0.0215. The number of nitrogens with one attached hydrogen (secondary N) is 2. The first-order valence-corrected chi connectivity index (χ1v) is 14.2. The van der Waals surface area contributed by atoms with E-state index in [2.05, 4.69) is 10.3 Å². The monoisotopic (exact) mass is 612 g/mol. The number of nitrogens with two attached hydrogens (primary N) is 1. The number of benzene rings is 2. The second kappa shape index (κ2) is 13.3. The lowest BCUT2D eigenvalue weighted by Crippen LogP contribution is -2.51. The molecule has 1 aliphatic rings. The van der Waals surface area contributed by atoms with Gasteiger partial charge in [-0.25, -0.2) is 13.6 Å². The van der Waals surface area contributed by atoms with Crippen LogP contribution in [0.3, 0.4) is 0 Å². The van der Waals surface area contributed by atoms with Gasteiger partial charge in [0.05, 0.1) is 13.2 Å². The van der Waals surface area contributed by atoms with Gasteiger partial charge >= 0.3 is 5.97 Å². The van der Waals surface area contributed by atoms with Crippen LogP contribution in [0.25, 0.3) is 10.9 Å². The minimum Gasteiger partial charge on any atom is -0.496 e. The molecule has 0 spiro atoms. The molecule has 13 heteroatoms. The Bertz CT molecular complexity index is 1620. The normalized spacial score (nSPS) is 16.1. The molecule has 3 aromatic rings. The lowest BCUT2D eigenvalue weighted by Gasteiger charge is -2.32. The van der Waals surface area contributed by atoms with E-state index in [1.807, 2.05) is 0 Å². The number of ketones is 1. The number of H-pyrrole nitrogens is 1. The number of halogens is 2. The molecule has 1 unspecified atom stereocenters. The van der Waals surface area contributed by atoms with E-state index >= 15 is 4.39 Å². The summed E-state index contributed by atoms with van der Waals surface area (Å²) in [5.41, 5.74) is 4.47. The van der Waals surface area contributed by atoms with Gasteiger partial charge in [0, 0.05) is 35.3 Å². The van der Waals surface area contributed by atoms with E-state index in [0.717, 1.165) is 6.07 Å². The summed E-state index contributed by atoms with van der Waals surface area (Å²) in [4.78, 5) is 69.5. The van der Waals surface area contributed by atoms with E-state index in [0.29, 0.717) is 40.6 Å². The van der Waals surface area contributed by atoms with Gasteiger partial charge in [-0.2, -0.15) is 0 Å². The molecule has 1 aromatic heterocycles. The van der Waals surface area contributed by atoms with Crippen molar-refractivity contribution in [3.8, 4) is 5.75 Å². The SMILES string of the molecule is COc1cccc2[nH]c(C(=O)N(C(=O)[C@@H](N)CC(C)C)C(C(=O)CC[C@H]3CCNC3=O)c3ccc(F)c(C(=O)O)c3F)cc12. The topological polar surface area (TPSA) is 172 Å². The van der Waals surface area contributed by atoms with Gasteiger partial charge in [0.15, 0.2) is 5.78 Å². The number of hydrogen-bond acceptors (Lipinski definition) is 7. The molecule has 11 nitrogen and oxygen atoms in total. The average Bonchev–Trinajstić information content (AvgIpc) is 3.59. The summed E-state index contributed by atoms with van der Waals surface area (Å²) in [6, 6.07) is 4.53. The highest BCUT2D eigenvalue weighted by atomic mass is 19.1. The molecule has 0 bridgehead atoms. The number of aromatic carboxylic acids is 1. The number of fused-ring (bicyclic) bond motifs is 1. The maximum atomic E-state index is 15.8. The van der Waals surface area contributed by atoms with Crippen molar-refractivity contribution < 1.29 is 42.6 Å². The van der Waals surface area contributed by atoms with Crippen LogP contribution in [0.5, 0.6) is 5.75 Å². The summed E-state index contributed by atoms with van der Waals surface area (Å²) < 4.78 is 35.6. The molecule has 3 atom stereocenters. The van der Waals surface area contributed by atoms with Gasteiger partial charge in [0.25, 0.3) is 5.91 Å². The smallest absolute Gasteiger partial charge is 0.341 e. The Hall–Kier alpha value is -4.65. The zero-order chi connectivity index (χ0) is 32.3. The van der Waals surface area contributed by atoms with Crippen LogP contribution in [0, 0.1) is 23.5 Å². The number of carboxylic acids is 1. The third kappa shape index (κ3) is 6.47. The standard InChI is InChI=1S/C31H34F2N4O7/c1-15(2)13-20(34)29(40)37(30(41)22-14-18-21(36-22)5-4-6-24(18)44-3)27(23(38)10-7-16-11-12-35-28(16)39)17-8-9-19(32)25(26(17)33)31(42)43/h4-6,8-9,14-16,20,27,36H,7,10-13,34H2,1-3H3,(H,35,39)(H,42,43)/t16-,20-,27?/m0/s1. The second-order valence-electron chi connectivity index (χ2n) is 11.2. The molecule has 5 N–H and O–H groups in total. The largest absolute Gasteiger partial charge is 0.496 e. The number of Topliss-reactive ketones (excluding diaryl/α,β-unsaturated/α-hetero) is 1. The first-order chi connectivity index (χ1) is 20.8. The van der Waals surface area contributed by atoms with Crippen molar-refractivity contribution in [2.24, 2.45) is 17.6 Å². The lowest BCUT2D eigenvalue weighted by molar-refractivity contribution is -0.138. The van der Waals surface area contributed by atoms with E-state index in [1.54, 1.807) is 32.0 Å². The molecule has 3 amide bonds. The molecule has 0 aliphatic carbocycles. The number of hydrogen-bond donors (Lipinski definition) is 4. The van der Waals surface area contributed by atoms with Crippen molar-refractivity contribution in [1.82, 2.24) is 15.2 Å². The minimum atomic E-state index is -2.02. The Kier molecular flexibility index (Phi) is 9.78. The van der Waals surface area contributed by atoms with Crippen LogP contribution in [0.1, 0.15) is 72.0 Å². The zero-order valence-electron chi connectivity index (χ0n) is 24.5. The zero-order valence-corrected chi connectivity index (χ0v) is 24.5. The number of imide groups is 1. The lowest BCUT2D eigenvalue weighted by atomic mass is 9.91. The molecule has 234 valence electrons. The first-order valence-electron chi connectivity index (χ1n) is 14.2. The fourth-order valence-corrected chi connectivity index (χ4v) is 5.49. The van der Waals surface area contributed by atoms with E-state index in [1.165, 1.54) is 13.2 Å². The Morgan fingerprint density at radius 2 is 1.89 bits per heavy atom. The van der Waals surface area contributed by atoms with Crippen molar-refractivity contribution in [2.45, 2.75) is 51.6 Å². The van der Waals surface area contributed by atoms with Crippen molar-refractivity contribution in [1.29, 1.82) is 0 Å². The molecule has 1 saturated heterocycles. The van der Waals surface area contributed by atoms with E-state index in [-0.39, 0.29) is 36.8 Å². The number of rotatable bonds is 12. The van der Waals surface area contributed by atoms with E-state index < -0.39 is 64.3 Å². The van der Waals surface area contributed by atoms with Crippen LogP contribution in [0.4, 0.5) is 8.78 Å². The van der Waals surface area contributed by atoms with Crippen LogP contribution in [0.15, 0.2) is 36.4 Å². The third-order valence-electron chi connectivity index (χ3n) is 7.67. The molecule has 1 fully saturated rings. The predicted octanol–water partition coefficient (Wildman–Crippen LogP) is 3.72. The number of aromatic amines is 1. The molecule has 0 saturated carbocycles. The van der Waals surface area contributed by atoms with Crippen LogP contribution in [0.2, 0.25) is 0 Å². The summed E-state index contributed by atoms with van der Waals surface area (Å²) in [5.74, 6) is -8.41. The quantitative estimate of drug-likeness (QED) is 0.240. The molecule has 4 rings (SSSR count). The second-order valence-corrected chi connectivity index (χ2v) is 11.2. The van der Waals surface area contributed by atoms with E-state index in [4.69, 9.17) is 10.5 Å². The first kappa shape index (κ1) is 32.3. The maximum absolute atomic E-state index is 15.8. The van der Waals surface area contributed by atoms with Crippen LogP contribution >= 0.6 is 0 Å². The van der Waals surface area contributed by atoms with Gasteiger partial charge in [-0.15, -0.1) is 0 Å². The Morgan fingerprint density at radius 1 is 1.16 bits per heavy atom. The molecular weight excluding hydrogens is 578 g/mol. The number of amides is 3. The van der Waals surface area contributed by atoms with Gasteiger partial charge < -0.3 is 25.9 Å². The average molecular weight is 613 g/mol. The summed E-state index contributed by atoms with van der Waals surface area (Å²) >= 11 is 0. The van der Waals surface area contributed by atoms with Gasteiger partial charge in [-0.1, -0.05) is 26.0 Å². The molecule has 2 heterocycles. The molecule has 44 heavy (non-hydrogen) atoms. The van der Waals surface area contributed by atoms with Gasteiger partial charge in [-0.3, -0.25) is 24.1 Å². The highest BCUT2D eigenvalue weighted by Crippen LogP contribution is 2.34. The van der Waals surface area contributed by atoms with Gasteiger partial charge in [-0.05, 0) is 49.4 Å². The summed E-state index contributed by atoms with van der Waals surface area (Å²) in [6.45, 7) is 3.99. The Morgan fingerprint density at radius 3 is 2.50 bits per heavy atom. The number of carbonyl (C=O) groups excluding carboxylic acids is 4. The number of ether oxygens (including phenoxy) is 1. The highest BCUT2D eigenvalue weighted by Gasteiger charge is 2.42. The summed E-state index contributed by atoms with van der Waals surface area (Å²) in [7, 11) is 1.43. The predicted molar refractivity (Wildman–Crippen MR) is 155 cm³/mol. The highest BCUT2D eigenvalue weighted by molar-refractivity contribution is 6.10. The Labute approximate surface area is 251 Å². The van der Waals surface area contributed by atoms with Crippen LogP contribution in [-0.2, 0) is 14.4 Å². The number of nitrogens with zero attached hydrogens (tertiary/aromatic N) is 1. The van der Waals surface area contributed by atoms with Crippen molar-refractivity contribution >= 4 is 40.4 Å². The maximum Gasteiger partial charge on any atom is 0.341 e. The molecular formula is C31H34F2N4O7. The Balaban J connectivity index is 1.90. The summed E-state index contributed by atoms with van der Waals surface area (Å²) in [6.07, 6.45) is 0.188. The van der Waals surface area contributed by atoms with Crippen LogP contribution < -0.4 is 15.8 Å². The fraction of sp³-hybridized carbons (Fsp3) is 0.387. The summed E-state index contributed by atoms with van der Waals surface area (Å²) in [5, 5.41) is 12.7. The van der Waals surface area contributed by atoms with Crippen molar-refractivity contribution in [2.75, 3.05) is 13.7 Å². The molecule has 1 aliphatic heterocycles. The van der Waals surface area contributed by atoms with Gasteiger partial charge in [0.2, 0.25) is 11.8 Å². The third-order valence-corrected chi connectivity index (χ3v) is 7.67. The number of aromatic nitrogens is 1. The number of carbonyl (C=O) groups is 5. The van der Waals surface area contributed by atoms with Crippen molar-refractivity contribution in [3.63, 3.8) is 0 Å². The number of methoxy groups -OCH3 is 1. The molecule has 0 radical (unpaired) electrons. The fourth-order valence-electron chi connectivity index (χ4n) is 5.49. The number of carboxylic acid groups (broad SMARTS) is 1. The van der Waals surface area contributed by atoms with Crippen molar-refractivity contribution in [3.05, 3.63) is 64.9 Å². The van der Waals surface area contributed by atoms with Gasteiger partial charge in [0.1, 0.15) is 34.7 Å². The molecule has 2 aromatic carbocycles. The van der Waals surface area contributed by atoms with E-state index in [9.17, 15) is 33.5 Å².